The van der Waals surface area contributed by atoms with E-state index in [1.54, 1.807) is 32.0 Å². The molecule has 0 spiro atoms. The molecule has 94 valence electrons. The Hall–Kier alpha value is -1.83. The molecule has 0 radical (unpaired) electrons. The van der Waals surface area contributed by atoms with Crippen molar-refractivity contribution in [3.8, 4) is 6.07 Å². The van der Waals surface area contributed by atoms with Gasteiger partial charge in [0.25, 0.3) is 0 Å². The number of allylic oxidation sites excluding steroid dienone is 1. The lowest BCUT2D eigenvalue weighted by Crippen LogP contribution is -2.09. The first-order chi connectivity index (χ1) is 8.49. The van der Waals surface area contributed by atoms with Crippen molar-refractivity contribution in [3.05, 3.63) is 40.1 Å². The van der Waals surface area contributed by atoms with Gasteiger partial charge in [-0.2, -0.15) is 5.26 Å². The zero-order valence-electron chi connectivity index (χ0n) is 10.2. The third kappa shape index (κ3) is 3.33. The normalized spacial score (nSPS) is 11.5. The molecule has 0 bridgehead atoms. The van der Waals surface area contributed by atoms with E-state index in [0.29, 0.717) is 33.3 Å². The molecule has 4 nitrogen and oxygen atoms in total. The van der Waals surface area contributed by atoms with E-state index in [2.05, 4.69) is 5.32 Å². The quantitative estimate of drug-likeness (QED) is 0.731. The van der Waals surface area contributed by atoms with E-state index in [0.717, 1.165) is 0 Å². The van der Waals surface area contributed by atoms with E-state index >= 15 is 0 Å². The predicted molar refractivity (Wildman–Crippen MR) is 73.0 cm³/mol. The number of nitriles is 1. The maximum Gasteiger partial charge on any atom is 0.101 e. The second-order valence-electron chi connectivity index (χ2n) is 3.82. The van der Waals surface area contributed by atoms with Gasteiger partial charge in [0, 0.05) is 22.7 Å². The highest BCUT2D eigenvalue weighted by molar-refractivity contribution is 6.32. The van der Waals surface area contributed by atoms with Gasteiger partial charge >= 0.3 is 0 Å². The maximum absolute atomic E-state index is 9.17. The highest BCUT2D eigenvalue weighted by Gasteiger charge is 2.06. The van der Waals surface area contributed by atoms with Crippen molar-refractivity contribution in [3.63, 3.8) is 0 Å². The molecule has 0 aromatic heterocycles. The third-order valence-electron chi connectivity index (χ3n) is 2.48. The smallest absolute Gasteiger partial charge is 0.101 e. The van der Waals surface area contributed by atoms with Gasteiger partial charge in [0.2, 0.25) is 0 Å². The van der Waals surface area contributed by atoms with Crippen molar-refractivity contribution in [2.24, 2.45) is 0 Å². The first-order valence-corrected chi connectivity index (χ1v) is 5.70. The maximum atomic E-state index is 9.17. The highest BCUT2D eigenvalue weighted by Crippen LogP contribution is 2.21. The molecule has 0 aliphatic rings. The standard InChI is InChI=1S/C13H14ClN3O/c1-8(16)12(7-18)9(2)17-11-4-3-10(6-15)13(14)5-11/h3-5,16-18H,7H2,1-2H3/b12-9-,16-8?. The molecule has 0 aliphatic heterocycles. The van der Waals surface area contributed by atoms with Crippen molar-refractivity contribution < 1.29 is 5.11 Å². The first kappa shape index (κ1) is 14.2. The fraction of sp³-hybridized carbons (Fsp3) is 0.231. The first-order valence-electron chi connectivity index (χ1n) is 5.32. The molecule has 1 aromatic carbocycles. The summed E-state index contributed by atoms with van der Waals surface area (Å²) in [5.74, 6) is 0. The minimum atomic E-state index is -0.196. The summed E-state index contributed by atoms with van der Waals surface area (Å²) >= 11 is 5.92. The Bertz CT molecular complexity index is 544. The Morgan fingerprint density at radius 2 is 2.17 bits per heavy atom. The second-order valence-corrected chi connectivity index (χ2v) is 4.23. The molecule has 1 aromatic rings. The summed E-state index contributed by atoms with van der Waals surface area (Å²) < 4.78 is 0. The Morgan fingerprint density at radius 1 is 1.50 bits per heavy atom. The van der Waals surface area contributed by atoms with Crippen LogP contribution in [0.5, 0.6) is 0 Å². The van der Waals surface area contributed by atoms with Crippen LogP contribution in [0.1, 0.15) is 19.4 Å². The molecule has 5 heteroatoms. The number of anilines is 1. The number of aliphatic hydroxyl groups is 1. The second kappa shape index (κ2) is 6.20. The van der Waals surface area contributed by atoms with Crippen molar-refractivity contribution in [1.82, 2.24) is 0 Å². The van der Waals surface area contributed by atoms with Gasteiger partial charge in [-0.25, -0.2) is 0 Å². The van der Waals surface area contributed by atoms with Crippen molar-refractivity contribution >= 4 is 23.0 Å². The minimum Gasteiger partial charge on any atom is -0.392 e. The Morgan fingerprint density at radius 3 is 2.61 bits per heavy atom. The van der Waals surface area contributed by atoms with Gasteiger partial charge in [0.1, 0.15) is 6.07 Å². The number of rotatable bonds is 4. The Balaban J connectivity index is 3.02. The van der Waals surface area contributed by atoms with Gasteiger partial charge in [-0.15, -0.1) is 0 Å². The fourth-order valence-corrected chi connectivity index (χ4v) is 1.72. The Labute approximate surface area is 111 Å². The number of nitrogens with one attached hydrogen (secondary N) is 2. The van der Waals surface area contributed by atoms with Crippen LogP contribution in [0.2, 0.25) is 5.02 Å². The van der Waals surface area contributed by atoms with E-state index in [4.69, 9.17) is 22.3 Å². The van der Waals surface area contributed by atoms with E-state index in [9.17, 15) is 5.11 Å². The molecule has 0 fully saturated rings. The number of benzene rings is 1. The molecule has 1 rings (SSSR count). The molecule has 3 N–H and O–H groups in total. The molecule has 0 unspecified atom stereocenters. The molecule has 0 heterocycles. The lowest BCUT2D eigenvalue weighted by molar-refractivity contribution is 0.336. The van der Waals surface area contributed by atoms with E-state index in [-0.39, 0.29) is 6.61 Å². The summed E-state index contributed by atoms with van der Waals surface area (Å²) in [5, 5.41) is 28.9. The van der Waals surface area contributed by atoms with Crippen LogP contribution in [-0.2, 0) is 0 Å². The van der Waals surface area contributed by atoms with Crippen molar-refractivity contribution in [2.75, 3.05) is 11.9 Å². The van der Waals surface area contributed by atoms with E-state index < -0.39 is 0 Å². The van der Waals surface area contributed by atoms with Crippen molar-refractivity contribution in [1.29, 1.82) is 10.7 Å². The number of aliphatic hydroxyl groups excluding tert-OH is 1. The summed E-state index contributed by atoms with van der Waals surface area (Å²) in [7, 11) is 0. The zero-order valence-corrected chi connectivity index (χ0v) is 11.0. The van der Waals surface area contributed by atoms with Gasteiger partial charge in [-0.3, -0.25) is 0 Å². The summed E-state index contributed by atoms with van der Waals surface area (Å²) in [5.41, 5.74) is 2.65. The van der Waals surface area contributed by atoms with Crippen LogP contribution in [-0.4, -0.2) is 17.4 Å². The predicted octanol–water partition coefficient (Wildman–Crippen LogP) is 2.93. The van der Waals surface area contributed by atoms with Gasteiger partial charge in [0.05, 0.1) is 17.2 Å². The number of hydrogen-bond donors (Lipinski definition) is 3. The molecular formula is C13H14ClN3O. The monoisotopic (exact) mass is 263 g/mol. The average molecular weight is 264 g/mol. The van der Waals surface area contributed by atoms with Gasteiger partial charge in [0.15, 0.2) is 0 Å². The summed E-state index contributed by atoms with van der Waals surface area (Å²) in [4.78, 5) is 0. The van der Waals surface area contributed by atoms with Crippen molar-refractivity contribution in [2.45, 2.75) is 13.8 Å². The van der Waals surface area contributed by atoms with Crippen LogP contribution in [0.25, 0.3) is 0 Å². The largest absolute Gasteiger partial charge is 0.392 e. The molecule has 18 heavy (non-hydrogen) atoms. The molecule has 0 amide bonds. The topological polar surface area (TPSA) is 79.9 Å². The van der Waals surface area contributed by atoms with Gasteiger partial charge < -0.3 is 15.8 Å². The SMILES string of the molecule is CC(=N)/C(CO)=C(/C)Nc1ccc(C#N)c(Cl)c1. The fourth-order valence-electron chi connectivity index (χ4n) is 1.49. The van der Waals surface area contributed by atoms with Gasteiger partial charge in [-0.1, -0.05) is 11.6 Å². The molecular weight excluding hydrogens is 250 g/mol. The van der Waals surface area contributed by atoms with Crippen LogP contribution in [0, 0.1) is 16.7 Å². The minimum absolute atomic E-state index is 0.196. The summed E-state index contributed by atoms with van der Waals surface area (Å²) in [6.45, 7) is 3.19. The zero-order chi connectivity index (χ0) is 13.7. The molecule has 0 saturated carbocycles. The highest BCUT2D eigenvalue weighted by atomic mass is 35.5. The van der Waals surface area contributed by atoms with Gasteiger partial charge in [-0.05, 0) is 32.0 Å². The van der Waals surface area contributed by atoms with Crippen LogP contribution >= 0.6 is 11.6 Å². The average Bonchev–Trinajstić information content (AvgIpc) is 2.29. The Kier molecular flexibility index (Phi) is 4.90. The van der Waals surface area contributed by atoms with Crippen LogP contribution in [0.15, 0.2) is 29.5 Å². The molecule has 0 aliphatic carbocycles. The van der Waals surface area contributed by atoms with Crippen LogP contribution in [0.3, 0.4) is 0 Å². The summed E-state index contributed by atoms with van der Waals surface area (Å²) in [6.07, 6.45) is 0. The number of hydrogen-bond acceptors (Lipinski definition) is 4. The summed E-state index contributed by atoms with van der Waals surface area (Å²) in [6, 6.07) is 6.96. The van der Waals surface area contributed by atoms with E-state index in [1.807, 2.05) is 6.07 Å². The van der Waals surface area contributed by atoms with E-state index in [1.165, 1.54) is 0 Å². The lowest BCUT2D eigenvalue weighted by atomic mass is 10.1. The lowest BCUT2D eigenvalue weighted by Gasteiger charge is -2.12. The third-order valence-corrected chi connectivity index (χ3v) is 2.80. The number of halogens is 1. The van der Waals surface area contributed by atoms with Crippen LogP contribution < -0.4 is 5.32 Å². The van der Waals surface area contributed by atoms with Crippen LogP contribution in [0.4, 0.5) is 5.69 Å². The molecule has 0 saturated heterocycles. The number of nitrogens with zero attached hydrogens (tertiary/aromatic N) is 1. The molecule has 0 atom stereocenters.